The van der Waals surface area contributed by atoms with Crippen molar-refractivity contribution in [2.45, 2.75) is 0 Å². The molecule has 0 aliphatic rings. The molecule has 1 rings (SSSR count). The molecule has 70 valence electrons. The molecule has 0 amide bonds. The Morgan fingerprint density at radius 3 is 2.69 bits per heavy atom. The van der Waals surface area contributed by atoms with E-state index < -0.39 is 5.82 Å². The van der Waals surface area contributed by atoms with E-state index in [0.717, 1.165) is 12.1 Å². The van der Waals surface area contributed by atoms with E-state index in [-0.39, 0.29) is 22.2 Å². The minimum absolute atomic E-state index is 0.104. The minimum Gasteiger partial charge on any atom is -0.494 e. The van der Waals surface area contributed by atoms with Crippen molar-refractivity contribution in [3.63, 3.8) is 0 Å². The molecule has 0 aliphatic heterocycles. The molecule has 0 aliphatic carbocycles. The second-order valence-corrected chi connectivity index (χ2v) is 2.79. The summed E-state index contributed by atoms with van der Waals surface area (Å²) in [6.07, 6.45) is 0. The van der Waals surface area contributed by atoms with Crippen LogP contribution in [0.15, 0.2) is 12.1 Å². The van der Waals surface area contributed by atoms with Crippen LogP contribution in [-0.2, 0) is 0 Å². The smallest absolute Gasteiger partial charge is 0.148 e. The lowest BCUT2D eigenvalue weighted by Gasteiger charge is -2.08. The minimum atomic E-state index is -0.545. The Bertz CT molecular complexity index is 354. The molecule has 0 spiro atoms. The van der Waals surface area contributed by atoms with E-state index in [1.165, 1.54) is 7.11 Å². The van der Waals surface area contributed by atoms with Crippen LogP contribution in [-0.4, -0.2) is 12.9 Å². The molecule has 0 unspecified atom stereocenters. The summed E-state index contributed by atoms with van der Waals surface area (Å²) in [5.74, 6) is -0.607. The maximum atomic E-state index is 12.8. The highest BCUT2D eigenvalue weighted by Crippen LogP contribution is 2.29. The van der Waals surface area contributed by atoms with Crippen molar-refractivity contribution >= 4 is 17.4 Å². The summed E-state index contributed by atoms with van der Waals surface area (Å²) in [6.45, 7) is 0. The Balaban J connectivity index is 3.38. The molecular weight excluding hydrogens is 195 g/mol. The van der Waals surface area contributed by atoms with Crippen molar-refractivity contribution in [1.82, 2.24) is 0 Å². The number of nitrogens with one attached hydrogen (secondary N) is 1. The van der Waals surface area contributed by atoms with Gasteiger partial charge in [0, 0.05) is 0 Å². The summed E-state index contributed by atoms with van der Waals surface area (Å²) >= 11 is 5.66. The molecule has 1 aromatic carbocycles. The molecule has 0 aromatic heterocycles. The summed E-state index contributed by atoms with van der Waals surface area (Å²) in [4.78, 5) is 0. The van der Waals surface area contributed by atoms with Crippen LogP contribution in [0.1, 0.15) is 5.56 Å². The van der Waals surface area contributed by atoms with Crippen molar-refractivity contribution in [1.29, 1.82) is 5.41 Å². The van der Waals surface area contributed by atoms with Gasteiger partial charge >= 0.3 is 0 Å². The van der Waals surface area contributed by atoms with Gasteiger partial charge in [0.15, 0.2) is 0 Å². The van der Waals surface area contributed by atoms with E-state index >= 15 is 0 Å². The van der Waals surface area contributed by atoms with Crippen LogP contribution in [0.25, 0.3) is 0 Å². The highest BCUT2D eigenvalue weighted by molar-refractivity contribution is 6.32. The summed E-state index contributed by atoms with van der Waals surface area (Å²) in [7, 11) is 1.38. The first-order valence-electron chi connectivity index (χ1n) is 3.43. The van der Waals surface area contributed by atoms with Gasteiger partial charge in [-0.15, -0.1) is 0 Å². The van der Waals surface area contributed by atoms with Crippen molar-refractivity contribution < 1.29 is 9.13 Å². The molecule has 0 saturated heterocycles. The second kappa shape index (κ2) is 3.62. The molecule has 0 saturated carbocycles. The zero-order valence-electron chi connectivity index (χ0n) is 6.90. The third-order valence-corrected chi connectivity index (χ3v) is 1.78. The average Bonchev–Trinajstić information content (AvgIpc) is 2.02. The number of nitrogen functional groups attached to an aromatic ring is 1. The maximum absolute atomic E-state index is 12.8. The predicted molar refractivity (Wildman–Crippen MR) is 49.0 cm³/mol. The maximum Gasteiger partial charge on any atom is 0.148 e. The molecule has 0 bridgehead atoms. The largest absolute Gasteiger partial charge is 0.494 e. The first kappa shape index (κ1) is 9.80. The van der Waals surface area contributed by atoms with Crippen molar-refractivity contribution in [2.24, 2.45) is 5.73 Å². The molecule has 0 radical (unpaired) electrons. The van der Waals surface area contributed by atoms with E-state index in [9.17, 15) is 4.39 Å². The zero-order valence-corrected chi connectivity index (χ0v) is 7.65. The topological polar surface area (TPSA) is 59.1 Å². The fourth-order valence-electron chi connectivity index (χ4n) is 0.968. The van der Waals surface area contributed by atoms with Crippen LogP contribution >= 0.6 is 11.6 Å². The molecular formula is C8H8ClFN2O. The van der Waals surface area contributed by atoms with Crippen LogP contribution in [0.4, 0.5) is 4.39 Å². The number of benzene rings is 1. The van der Waals surface area contributed by atoms with Gasteiger partial charge in [0.2, 0.25) is 0 Å². The second-order valence-electron chi connectivity index (χ2n) is 2.38. The van der Waals surface area contributed by atoms with Gasteiger partial charge in [0.05, 0.1) is 17.7 Å². The Morgan fingerprint density at radius 1 is 1.62 bits per heavy atom. The van der Waals surface area contributed by atoms with E-state index in [2.05, 4.69) is 0 Å². The standard InChI is InChI=1S/C8H8ClFN2O/c1-13-7-5(8(11)12)2-4(10)3-6(7)9/h2-3H,1H3,(H3,11,12). The molecule has 1 aromatic rings. The number of ether oxygens (including phenoxy) is 1. The van der Waals surface area contributed by atoms with E-state index in [0.29, 0.717) is 0 Å². The SMILES string of the molecule is COc1c(Cl)cc(F)cc1C(=N)N. The lowest BCUT2D eigenvalue weighted by molar-refractivity contribution is 0.413. The third kappa shape index (κ3) is 1.89. The van der Waals surface area contributed by atoms with Gasteiger partial charge in [0.25, 0.3) is 0 Å². The van der Waals surface area contributed by atoms with Gasteiger partial charge in [-0.25, -0.2) is 4.39 Å². The first-order chi connectivity index (χ1) is 6.06. The summed E-state index contributed by atoms with van der Waals surface area (Å²) in [6, 6.07) is 2.21. The Labute approximate surface area is 79.8 Å². The van der Waals surface area contributed by atoms with Gasteiger partial charge in [-0.2, -0.15) is 0 Å². The van der Waals surface area contributed by atoms with Gasteiger partial charge in [-0.3, -0.25) is 5.41 Å². The number of halogens is 2. The lowest BCUT2D eigenvalue weighted by Crippen LogP contribution is -2.13. The third-order valence-electron chi connectivity index (χ3n) is 1.50. The number of methoxy groups -OCH3 is 1. The number of nitrogens with two attached hydrogens (primary N) is 1. The van der Waals surface area contributed by atoms with Crippen molar-refractivity contribution in [3.05, 3.63) is 28.5 Å². The molecule has 3 nitrogen and oxygen atoms in total. The number of hydrogen-bond donors (Lipinski definition) is 2. The highest BCUT2D eigenvalue weighted by atomic mass is 35.5. The fraction of sp³-hybridized carbons (Fsp3) is 0.125. The zero-order chi connectivity index (χ0) is 10.0. The van der Waals surface area contributed by atoms with Gasteiger partial charge in [-0.05, 0) is 12.1 Å². The predicted octanol–water partition coefficient (Wildman–Crippen LogP) is 1.77. The summed E-state index contributed by atoms with van der Waals surface area (Å²) < 4.78 is 17.7. The van der Waals surface area contributed by atoms with E-state index in [4.69, 9.17) is 27.5 Å². The van der Waals surface area contributed by atoms with Crippen LogP contribution in [0.3, 0.4) is 0 Å². The van der Waals surface area contributed by atoms with Gasteiger partial charge < -0.3 is 10.5 Å². The average molecular weight is 203 g/mol. The lowest BCUT2D eigenvalue weighted by atomic mass is 10.2. The molecule has 0 heterocycles. The van der Waals surface area contributed by atoms with E-state index in [1.54, 1.807) is 0 Å². The fourth-order valence-corrected chi connectivity index (χ4v) is 1.25. The first-order valence-corrected chi connectivity index (χ1v) is 3.81. The van der Waals surface area contributed by atoms with Gasteiger partial charge in [0.1, 0.15) is 17.4 Å². The number of rotatable bonds is 2. The molecule has 13 heavy (non-hydrogen) atoms. The normalized spacial score (nSPS) is 9.77. The van der Waals surface area contributed by atoms with Crippen molar-refractivity contribution in [2.75, 3.05) is 7.11 Å². The van der Waals surface area contributed by atoms with E-state index in [1.807, 2.05) is 0 Å². The quantitative estimate of drug-likeness (QED) is 0.567. The van der Waals surface area contributed by atoms with Crippen LogP contribution in [0.5, 0.6) is 5.75 Å². The Morgan fingerprint density at radius 2 is 2.23 bits per heavy atom. The molecule has 5 heteroatoms. The van der Waals surface area contributed by atoms with Crippen molar-refractivity contribution in [3.8, 4) is 5.75 Å². The number of amidine groups is 1. The van der Waals surface area contributed by atoms with Crippen LogP contribution < -0.4 is 10.5 Å². The Hall–Kier alpha value is -1.29. The number of hydrogen-bond acceptors (Lipinski definition) is 2. The van der Waals surface area contributed by atoms with Crippen LogP contribution in [0, 0.1) is 11.2 Å². The van der Waals surface area contributed by atoms with Gasteiger partial charge in [-0.1, -0.05) is 11.6 Å². The monoisotopic (exact) mass is 202 g/mol. The highest BCUT2D eigenvalue weighted by Gasteiger charge is 2.12. The molecule has 0 atom stereocenters. The summed E-state index contributed by atoms with van der Waals surface area (Å²) in [5, 5.41) is 7.25. The molecule has 3 N–H and O–H groups in total. The Kier molecular flexibility index (Phi) is 2.72. The molecule has 0 fully saturated rings. The summed E-state index contributed by atoms with van der Waals surface area (Å²) in [5.41, 5.74) is 5.37. The van der Waals surface area contributed by atoms with Crippen LogP contribution in [0.2, 0.25) is 5.02 Å².